The quantitative estimate of drug-likeness (QED) is 0.800. The van der Waals surface area contributed by atoms with Crippen molar-refractivity contribution in [1.29, 1.82) is 0 Å². The zero-order valence-electron chi connectivity index (χ0n) is 11.7. The maximum Gasteiger partial charge on any atom is 0.148 e. The fourth-order valence-corrected chi connectivity index (χ4v) is 2.08. The molecule has 0 aliphatic rings. The van der Waals surface area contributed by atoms with Crippen LogP contribution in [0.15, 0.2) is 0 Å². The minimum Gasteiger partial charge on any atom is -0.394 e. The Morgan fingerprint density at radius 2 is 2.00 bits per heavy atom. The van der Waals surface area contributed by atoms with Crippen molar-refractivity contribution in [1.82, 2.24) is 9.78 Å². The van der Waals surface area contributed by atoms with Gasteiger partial charge in [0.05, 0.1) is 11.4 Å². The maximum atomic E-state index is 6.16. The zero-order valence-corrected chi connectivity index (χ0v) is 11.7. The van der Waals surface area contributed by atoms with Gasteiger partial charge in [-0.25, -0.2) is 0 Å². The third-order valence-electron chi connectivity index (χ3n) is 3.13. The van der Waals surface area contributed by atoms with E-state index in [-0.39, 0.29) is 0 Å². The van der Waals surface area contributed by atoms with Crippen LogP contribution in [0.4, 0.5) is 11.5 Å². The first-order valence-corrected chi connectivity index (χ1v) is 6.60. The van der Waals surface area contributed by atoms with Gasteiger partial charge in [0.2, 0.25) is 0 Å². The summed E-state index contributed by atoms with van der Waals surface area (Å²) >= 11 is 0. The Morgan fingerprint density at radius 3 is 2.41 bits per heavy atom. The molecule has 0 aliphatic heterocycles. The molecular formula is C13H26N4. The van der Waals surface area contributed by atoms with E-state index in [1.807, 2.05) is 11.7 Å². The van der Waals surface area contributed by atoms with E-state index in [0.29, 0.717) is 12.0 Å². The van der Waals surface area contributed by atoms with Crippen molar-refractivity contribution in [3.8, 4) is 0 Å². The molecule has 1 heterocycles. The van der Waals surface area contributed by atoms with Gasteiger partial charge < -0.3 is 11.1 Å². The van der Waals surface area contributed by atoms with Crippen LogP contribution in [0.25, 0.3) is 0 Å². The number of nitrogens with one attached hydrogen (secondary N) is 1. The number of nitrogens with zero attached hydrogens (tertiary/aromatic N) is 2. The molecule has 0 aromatic carbocycles. The summed E-state index contributed by atoms with van der Waals surface area (Å²) in [5, 5.41) is 8.00. The average Bonchev–Trinajstić information content (AvgIpc) is 2.56. The predicted octanol–water partition coefficient (Wildman–Crippen LogP) is 3.12. The van der Waals surface area contributed by atoms with Crippen LogP contribution in [0.3, 0.4) is 0 Å². The molecule has 0 bridgehead atoms. The van der Waals surface area contributed by atoms with Gasteiger partial charge in [0, 0.05) is 13.1 Å². The van der Waals surface area contributed by atoms with Gasteiger partial charge in [-0.05, 0) is 18.8 Å². The minimum atomic E-state index is 0.364. The molecule has 3 N–H and O–H groups in total. The van der Waals surface area contributed by atoms with Crippen molar-refractivity contribution >= 4 is 11.5 Å². The van der Waals surface area contributed by atoms with E-state index in [4.69, 9.17) is 5.73 Å². The summed E-state index contributed by atoms with van der Waals surface area (Å²) in [5.41, 5.74) is 7.95. The van der Waals surface area contributed by atoms with Crippen LogP contribution in [0, 0.1) is 0 Å². The number of nitrogen functional groups attached to an aromatic ring is 1. The van der Waals surface area contributed by atoms with Crippen molar-refractivity contribution in [3.05, 3.63) is 5.69 Å². The Kier molecular flexibility index (Phi) is 4.85. The summed E-state index contributed by atoms with van der Waals surface area (Å²) in [7, 11) is 1.95. The van der Waals surface area contributed by atoms with Crippen molar-refractivity contribution in [3.63, 3.8) is 0 Å². The van der Waals surface area contributed by atoms with Crippen molar-refractivity contribution in [2.45, 2.75) is 58.9 Å². The third-order valence-corrected chi connectivity index (χ3v) is 3.13. The Labute approximate surface area is 105 Å². The first-order chi connectivity index (χ1) is 8.01. The zero-order chi connectivity index (χ0) is 13.0. The van der Waals surface area contributed by atoms with E-state index >= 15 is 0 Å². The minimum absolute atomic E-state index is 0.364. The molecule has 0 radical (unpaired) electrons. The molecular weight excluding hydrogens is 212 g/mol. The third kappa shape index (κ3) is 3.14. The molecule has 1 unspecified atom stereocenters. The monoisotopic (exact) mass is 238 g/mol. The summed E-state index contributed by atoms with van der Waals surface area (Å²) in [6.07, 6.45) is 3.45. The number of aryl methyl sites for hydroxylation is 1. The summed E-state index contributed by atoms with van der Waals surface area (Å²) in [5.74, 6) is 1.33. The SMILES string of the molecule is CCCC(CC)Nc1c(N)c(C(C)C)nn1C. The Bertz CT molecular complexity index is 355. The molecule has 17 heavy (non-hydrogen) atoms. The van der Waals surface area contributed by atoms with E-state index in [0.717, 1.165) is 30.0 Å². The second-order valence-corrected chi connectivity index (χ2v) is 4.96. The van der Waals surface area contributed by atoms with Crippen molar-refractivity contribution < 1.29 is 0 Å². The molecule has 0 spiro atoms. The van der Waals surface area contributed by atoms with Gasteiger partial charge in [0.15, 0.2) is 0 Å². The highest BCUT2D eigenvalue weighted by atomic mass is 15.3. The van der Waals surface area contributed by atoms with Crippen LogP contribution in [-0.4, -0.2) is 15.8 Å². The standard InChI is InChI=1S/C13H26N4/c1-6-8-10(7-2)15-13-11(14)12(9(3)4)16-17(13)5/h9-10,15H,6-8,14H2,1-5H3. The summed E-state index contributed by atoms with van der Waals surface area (Å²) < 4.78 is 1.86. The molecule has 0 saturated carbocycles. The molecule has 1 rings (SSSR count). The summed E-state index contributed by atoms with van der Waals surface area (Å²) in [6.45, 7) is 8.64. The average molecular weight is 238 g/mol. The van der Waals surface area contributed by atoms with Crippen molar-refractivity contribution in [2.75, 3.05) is 11.1 Å². The van der Waals surface area contributed by atoms with Gasteiger partial charge in [0.1, 0.15) is 5.82 Å². The van der Waals surface area contributed by atoms with Crippen LogP contribution in [0.2, 0.25) is 0 Å². The van der Waals surface area contributed by atoms with E-state index in [1.54, 1.807) is 0 Å². The van der Waals surface area contributed by atoms with Gasteiger partial charge in [0.25, 0.3) is 0 Å². The summed E-state index contributed by atoms with van der Waals surface area (Å²) in [4.78, 5) is 0. The highest BCUT2D eigenvalue weighted by Gasteiger charge is 2.17. The van der Waals surface area contributed by atoms with Gasteiger partial charge in [-0.1, -0.05) is 34.1 Å². The van der Waals surface area contributed by atoms with Gasteiger partial charge in [-0.15, -0.1) is 0 Å². The number of hydrogen-bond acceptors (Lipinski definition) is 3. The molecule has 0 fully saturated rings. The Balaban J connectivity index is 2.90. The Morgan fingerprint density at radius 1 is 1.35 bits per heavy atom. The highest BCUT2D eigenvalue weighted by Crippen LogP contribution is 2.28. The Hall–Kier alpha value is -1.19. The second kappa shape index (κ2) is 5.94. The maximum absolute atomic E-state index is 6.16. The van der Waals surface area contributed by atoms with E-state index in [9.17, 15) is 0 Å². The first-order valence-electron chi connectivity index (χ1n) is 6.60. The molecule has 1 atom stereocenters. The largest absolute Gasteiger partial charge is 0.394 e. The molecule has 98 valence electrons. The lowest BCUT2D eigenvalue weighted by molar-refractivity contribution is 0.611. The molecule has 0 amide bonds. The van der Waals surface area contributed by atoms with Gasteiger partial charge >= 0.3 is 0 Å². The van der Waals surface area contributed by atoms with E-state index in [1.165, 1.54) is 6.42 Å². The molecule has 0 saturated heterocycles. The normalized spacial score (nSPS) is 13.1. The highest BCUT2D eigenvalue weighted by molar-refractivity contribution is 5.66. The molecule has 1 aromatic heterocycles. The lowest BCUT2D eigenvalue weighted by Crippen LogP contribution is -2.20. The molecule has 4 heteroatoms. The van der Waals surface area contributed by atoms with Crippen LogP contribution in [-0.2, 0) is 7.05 Å². The first kappa shape index (κ1) is 13.9. The van der Waals surface area contributed by atoms with Crippen LogP contribution in [0.5, 0.6) is 0 Å². The molecule has 1 aromatic rings. The van der Waals surface area contributed by atoms with E-state index < -0.39 is 0 Å². The van der Waals surface area contributed by atoms with Gasteiger partial charge in [-0.2, -0.15) is 5.10 Å². The number of aromatic nitrogens is 2. The lowest BCUT2D eigenvalue weighted by atomic mass is 10.1. The smallest absolute Gasteiger partial charge is 0.148 e. The molecule has 4 nitrogen and oxygen atoms in total. The van der Waals surface area contributed by atoms with Gasteiger partial charge in [-0.3, -0.25) is 4.68 Å². The number of anilines is 2. The summed E-state index contributed by atoms with van der Waals surface area (Å²) in [6, 6.07) is 0.484. The second-order valence-electron chi connectivity index (χ2n) is 4.96. The topological polar surface area (TPSA) is 55.9 Å². The fourth-order valence-electron chi connectivity index (χ4n) is 2.08. The van der Waals surface area contributed by atoms with Crippen LogP contribution < -0.4 is 11.1 Å². The fraction of sp³-hybridized carbons (Fsp3) is 0.769. The predicted molar refractivity (Wildman–Crippen MR) is 74.3 cm³/mol. The van der Waals surface area contributed by atoms with E-state index in [2.05, 4.69) is 38.1 Å². The van der Waals surface area contributed by atoms with Crippen LogP contribution in [0.1, 0.15) is 58.6 Å². The number of nitrogens with two attached hydrogens (primary N) is 1. The lowest BCUT2D eigenvalue weighted by Gasteiger charge is -2.18. The number of rotatable bonds is 6. The van der Waals surface area contributed by atoms with Crippen molar-refractivity contribution in [2.24, 2.45) is 7.05 Å². The van der Waals surface area contributed by atoms with Crippen LogP contribution >= 0.6 is 0 Å². The number of hydrogen-bond donors (Lipinski definition) is 2. The molecule has 0 aliphatic carbocycles.